The van der Waals surface area contributed by atoms with Crippen molar-refractivity contribution in [2.45, 2.75) is 20.3 Å². The fourth-order valence-electron chi connectivity index (χ4n) is 1.54. The van der Waals surface area contributed by atoms with Crippen LogP contribution >= 0.6 is 0 Å². The number of benzene rings is 1. The molecule has 0 spiro atoms. The minimum atomic E-state index is -1.04. The van der Waals surface area contributed by atoms with E-state index in [1.165, 1.54) is 6.92 Å². The molecule has 0 heterocycles. The van der Waals surface area contributed by atoms with Crippen molar-refractivity contribution in [1.82, 2.24) is 4.90 Å². The molecule has 0 unspecified atom stereocenters. The fraction of sp³-hybridized carbons (Fsp3) is 0.308. The van der Waals surface area contributed by atoms with Gasteiger partial charge in [0.15, 0.2) is 0 Å². The second-order valence-electron chi connectivity index (χ2n) is 3.99. The zero-order valence-corrected chi connectivity index (χ0v) is 10.3. The average molecular weight is 249 g/mol. The van der Waals surface area contributed by atoms with E-state index in [2.05, 4.69) is 0 Å². The molecule has 5 heteroatoms. The Bertz CT molecular complexity index is 482. The van der Waals surface area contributed by atoms with Gasteiger partial charge in [-0.1, -0.05) is 17.7 Å². The Labute approximate surface area is 105 Å². The highest BCUT2D eigenvalue weighted by atomic mass is 16.4. The Morgan fingerprint density at radius 1 is 1.28 bits per heavy atom. The van der Waals surface area contributed by atoms with Crippen molar-refractivity contribution in [2.75, 3.05) is 6.54 Å². The molecule has 1 aromatic carbocycles. The molecule has 0 saturated carbocycles. The first kappa shape index (κ1) is 13.9. The van der Waals surface area contributed by atoms with Crippen molar-refractivity contribution in [2.24, 2.45) is 0 Å². The van der Waals surface area contributed by atoms with Gasteiger partial charge in [0.2, 0.25) is 5.91 Å². The average Bonchev–Trinajstić information content (AvgIpc) is 2.28. The van der Waals surface area contributed by atoms with E-state index in [1.54, 1.807) is 18.2 Å². The molecule has 1 aromatic rings. The first-order valence-electron chi connectivity index (χ1n) is 5.52. The number of carboxylic acids is 1. The Morgan fingerprint density at radius 2 is 1.94 bits per heavy atom. The third kappa shape index (κ3) is 3.69. The van der Waals surface area contributed by atoms with Crippen molar-refractivity contribution in [1.29, 1.82) is 0 Å². The second kappa shape index (κ2) is 5.95. The normalized spacial score (nSPS) is 9.89. The largest absolute Gasteiger partial charge is 0.481 e. The highest BCUT2D eigenvalue weighted by molar-refractivity contribution is 6.04. The number of carbonyl (C=O) groups excluding carboxylic acids is 2. The molecule has 0 fully saturated rings. The topological polar surface area (TPSA) is 74.7 Å². The monoisotopic (exact) mass is 249 g/mol. The molecule has 0 aliphatic carbocycles. The molecular weight excluding hydrogens is 234 g/mol. The SMILES string of the molecule is CC(=O)N(CCC(=O)O)C(=O)c1cccc(C)c1. The van der Waals surface area contributed by atoms with E-state index in [-0.39, 0.29) is 13.0 Å². The van der Waals surface area contributed by atoms with Gasteiger partial charge < -0.3 is 5.11 Å². The maximum Gasteiger partial charge on any atom is 0.305 e. The number of rotatable bonds is 4. The molecule has 0 atom stereocenters. The Kier molecular flexibility index (Phi) is 4.59. The van der Waals surface area contributed by atoms with Crippen molar-refractivity contribution >= 4 is 17.8 Å². The van der Waals surface area contributed by atoms with Gasteiger partial charge >= 0.3 is 5.97 Å². The highest BCUT2D eigenvalue weighted by Crippen LogP contribution is 2.08. The van der Waals surface area contributed by atoms with Gasteiger partial charge in [-0.05, 0) is 19.1 Å². The van der Waals surface area contributed by atoms with E-state index in [0.29, 0.717) is 5.56 Å². The van der Waals surface area contributed by atoms with Crippen LogP contribution in [0.25, 0.3) is 0 Å². The smallest absolute Gasteiger partial charge is 0.305 e. The summed E-state index contributed by atoms with van der Waals surface area (Å²) in [6.07, 6.45) is -0.253. The Morgan fingerprint density at radius 3 is 2.44 bits per heavy atom. The van der Waals surface area contributed by atoms with Gasteiger partial charge in [0.1, 0.15) is 0 Å². The third-order valence-corrected chi connectivity index (χ3v) is 2.44. The predicted molar refractivity (Wildman–Crippen MR) is 65.1 cm³/mol. The maximum absolute atomic E-state index is 12.1. The minimum absolute atomic E-state index is 0.114. The molecule has 1 N–H and O–H groups in total. The number of imide groups is 1. The van der Waals surface area contributed by atoms with Crippen molar-refractivity contribution < 1.29 is 19.5 Å². The van der Waals surface area contributed by atoms with Crippen molar-refractivity contribution in [3.8, 4) is 0 Å². The molecule has 96 valence electrons. The quantitative estimate of drug-likeness (QED) is 0.876. The summed E-state index contributed by atoms with van der Waals surface area (Å²) in [4.78, 5) is 34.9. The summed E-state index contributed by atoms with van der Waals surface area (Å²) in [5, 5.41) is 8.59. The van der Waals surface area contributed by atoms with Crippen LogP contribution in [0.4, 0.5) is 0 Å². The van der Waals surface area contributed by atoms with Gasteiger partial charge in [-0.3, -0.25) is 19.3 Å². The number of hydrogen-bond acceptors (Lipinski definition) is 3. The lowest BCUT2D eigenvalue weighted by molar-refractivity contribution is -0.137. The molecule has 0 aliphatic rings. The molecule has 0 saturated heterocycles. The standard InChI is InChI=1S/C13H15NO4/c1-9-4-3-5-11(8-9)13(18)14(10(2)15)7-6-12(16)17/h3-5,8H,6-7H2,1-2H3,(H,16,17). The first-order valence-corrected chi connectivity index (χ1v) is 5.52. The molecule has 0 aromatic heterocycles. The summed E-state index contributed by atoms with van der Waals surface area (Å²) >= 11 is 0. The van der Waals surface area contributed by atoms with E-state index < -0.39 is 17.8 Å². The number of amides is 2. The van der Waals surface area contributed by atoms with Gasteiger partial charge in [0.25, 0.3) is 5.91 Å². The molecule has 0 bridgehead atoms. The molecule has 2 amide bonds. The van der Waals surface area contributed by atoms with Crippen LogP contribution in [-0.4, -0.2) is 34.3 Å². The lowest BCUT2D eigenvalue weighted by Crippen LogP contribution is -2.36. The summed E-state index contributed by atoms with van der Waals surface area (Å²) in [6.45, 7) is 2.97. The van der Waals surface area contributed by atoms with E-state index >= 15 is 0 Å². The van der Waals surface area contributed by atoms with E-state index in [0.717, 1.165) is 10.5 Å². The van der Waals surface area contributed by atoms with Crippen LogP contribution in [0.15, 0.2) is 24.3 Å². The maximum atomic E-state index is 12.1. The first-order chi connectivity index (χ1) is 8.41. The number of aryl methyl sites for hydroxylation is 1. The summed E-state index contributed by atoms with van der Waals surface area (Å²) < 4.78 is 0. The van der Waals surface area contributed by atoms with Crippen LogP contribution in [0.2, 0.25) is 0 Å². The molecule has 0 radical (unpaired) electrons. The lowest BCUT2D eigenvalue weighted by atomic mass is 10.1. The molecule has 0 aliphatic heterocycles. The molecule has 18 heavy (non-hydrogen) atoms. The van der Waals surface area contributed by atoms with Crippen LogP contribution in [0.1, 0.15) is 29.3 Å². The second-order valence-corrected chi connectivity index (χ2v) is 3.99. The number of aliphatic carboxylic acids is 1. The number of carbonyl (C=O) groups is 3. The van der Waals surface area contributed by atoms with Crippen LogP contribution in [-0.2, 0) is 9.59 Å². The van der Waals surface area contributed by atoms with Crippen molar-refractivity contribution in [3.05, 3.63) is 35.4 Å². The van der Waals surface area contributed by atoms with Crippen LogP contribution in [0, 0.1) is 6.92 Å². The predicted octanol–water partition coefficient (Wildman–Crippen LogP) is 1.46. The minimum Gasteiger partial charge on any atom is -0.481 e. The Hall–Kier alpha value is -2.17. The van der Waals surface area contributed by atoms with Gasteiger partial charge in [-0.15, -0.1) is 0 Å². The van der Waals surface area contributed by atoms with Crippen LogP contribution < -0.4 is 0 Å². The zero-order valence-electron chi connectivity index (χ0n) is 10.3. The van der Waals surface area contributed by atoms with Crippen LogP contribution in [0.3, 0.4) is 0 Å². The lowest BCUT2D eigenvalue weighted by Gasteiger charge is -2.18. The van der Waals surface area contributed by atoms with Gasteiger partial charge in [0.05, 0.1) is 6.42 Å². The van der Waals surface area contributed by atoms with E-state index in [1.807, 2.05) is 13.0 Å². The summed E-state index contributed by atoms with van der Waals surface area (Å²) in [7, 11) is 0. The van der Waals surface area contributed by atoms with Gasteiger partial charge in [0, 0.05) is 19.0 Å². The fourth-order valence-corrected chi connectivity index (χ4v) is 1.54. The highest BCUT2D eigenvalue weighted by Gasteiger charge is 2.20. The summed E-state index contributed by atoms with van der Waals surface area (Å²) in [5.74, 6) is -1.96. The summed E-state index contributed by atoms with van der Waals surface area (Å²) in [6, 6.07) is 6.83. The molecule has 1 rings (SSSR count). The summed E-state index contributed by atoms with van der Waals surface area (Å²) in [5.41, 5.74) is 1.29. The number of hydrogen-bond donors (Lipinski definition) is 1. The molecule has 5 nitrogen and oxygen atoms in total. The Balaban J connectivity index is 2.89. The molecular formula is C13H15NO4. The van der Waals surface area contributed by atoms with E-state index in [4.69, 9.17) is 5.11 Å². The third-order valence-electron chi connectivity index (χ3n) is 2.44. The van der Waals surface area contributed by atoms with Crippen molar-refractivity contribution in [3.63, 3.8) is 0 Å². The van der Waals surface area contributed by atoms with E-state index in [9.17, 15) is 14.4 Å². The van der Waals surface area contributed by atoms with Gasteiger partial charge in [-0.2, -0.15) is 0 Å². The van der Waals surface area contributed by atoms with Crippen LogP contribution in [0.5, 0.6) is 0 Å². The van der Waals surface area contributed by atoms with Gasteiger partial charge in [-0.25, -0.2) is 0 Å². The zero-order chi connectivity index (χ0) is 13.7. The number of carboxylic acid groups (broad SMARTS) is 1. The number of nitrogens with zero attached hydrogens (tertiary/aromatic N) is 1.